The Kier molecular flexibility index (Phi) is 2.90. The van der Waals surface area contributed by atoms with Gasteiger partial charge >= 0.3 is 5.69 Å². The summed E-state index contributed by atoms with van der Waals surface area (Å²) < 4.78 is 2.67. The lowest BCUT2D eigenvalue weighted by Crippen LogP contribution is -2.06. The number of nitrogens with zero attached hydrogens (tertiary/aromatic N) is 3. The zero-order valence-electron chi connectivity index (χ0n) is 10.7. The van der Waals surface area contributed by atoms with Crippen LogP contribution in [0.25, 0.3) is 10.1 Å². The highest BCUT2D eigenvalue weighted by Crippen LogP contribution is 2.29. The summed E-state index contributed by atoms with van der Waals surface area (Å²) in [6.45, 7) is 2.03. The van der Waals surface area contributed by atoms with Crippen LogP contribution in [-0.2, 0) is 6.54 Å². The average molecular weight is 288 g/mol. The summed E-state index contributed by atoms with van der Waals surface area (Å²) in [5, 5.41) is 18.3. The molecule has 1 aromatic carbocycles. The van der Waals surface area contributed by atoms with E-state index in [0.717, 1.165) is 10.9 Å². The maximum absolute atomic E-state index is 10.9. The molecule has 2 N–H and O–H groups in total. The molecule has 3 aromatic rings. The minimum Gasteiger partial charge on any atom is -0.378 e. The normalized spacial score (nSPS) is 11.1. The highest BCUT2D eigenvalue weighted by Gasteiger charge is 2.23. The van der Waals surface area contributed by atoms with Gasteiger partial charge in [-0.25, -0.2) is 4.68 Å². The number of hydrogen-bond donors (Lipinski definition) is 1. The first kappa shape index (κ1) is 12.6. The Morgan fingerprint density at radius 1 is 1.45 bits per heavy atom. The Bertz CT molecular complexity index is 806. The van der Waals surface area contributed by atoms with E-state index in [1.807, 2.05) is 29.6 Å². The molecule has 0 aliphatic rings. The van der Waals surface area contributed by atoms with Crippen molar-refractivity contribution < 1.29 is 4.92 Å². The van der Waals surface area contributed by atoms with E-state index in [9.17, 15) is 10.1 Å². The van der Waals surface area contributed by atoms with E-state index in [1.165, 1.54) is 9.38 Å². The fourth-order valence-electron chi connectivity index (χ4n) is 2.25. The Labute approximate surface area is 118 Å². The monoisotopic (exact) mass is 288 g/mol. The van der Waals surface area contributed by atoms with Crippen molar-refractivity contribution in [3.05, 3.63) is 51.0 Å². The number of nitro groups is 1. The van der Waals surface area contributed by atoms with Gasteiger partial charge in [-0.05, 0) is 29.3 Å². The number of aromatic nitrogens is 2. The molecule has 3 rings (SSSR count). The summed E-state index contributed by atoms with van der Waals surface area (Å²) in [5.74, 6) is 0.0998. The summed E-state index contributed by atoms with van der Waals surface area (Å²) in [5.41, 5.74) is 7.13. The number of nitrogens with two attached hydrogens (primary N) is 1. The highest BCUT2D eigenvalue weighted by molar-refractivity contribution is 7.17. The van der Waals surface area contributed by atoms with Crippen molar-refractivity contribution in [3.63, 3.8) is 0 Å². The smallest absolute Gasteiger partial charge is 0.333 e. The fourth-order valence-corrected chi connectivity index (χ4v) is 3.21. The second-order valence-corrected chi connectivity index (χ2v) is 5.40. The van der Waals surface area contributed by atoms with E-state index in [1.54, 1.807) is 18.3 Å². The predicted molar refractivity (Wildman–Crippen MR) is 79.0 cm³/mol. The molecule has 0 spiro atoms. The molecule has 0 fully saturated rings. The van der Waals surface area contributed by atoms with Crippen LogP contribution >= 0.6 is 11.3 Å². The Morgan fingerprint density at radius 3 is 2.90 bits per heavy atom. The maximum Gasteiger partial charge on any atom is 0.333 e. The largest absolute Gasteiger partial charge is 0.378 e. The van der Waals surface area contributed by atoms with E-state index in [2.05, 4.69) is 5.10 Å². The van der Waals surface area contributed by atoms with Crippen molar-refractivity contribution in [2.75, 3.05) is 5.73 Å². The van der Waals surface area contributed by atoms with Crippen LogP contribution < -0.4 is 5.73 Å². The molecule has 0 bridgehead atoms. The number of benzene rings is 1. The third kappa shape index (κ3) is 1.92. The van der Waals surface area contributed by atoms with Crippen LogP contribution in [0.5, 0.6) is 0 Å². The van der Waals surface area contributed by atoms with Crippen LogP contribution in [0.1, 0.15) is 11.3 Å². The first-order valence-electron chi connectivity index (χ1n) is 6.00. The van der Waals surface area contributed by atoms with Crippen molar-refractivity contribution in [1.82, 2.24) is 9.78 Å². The average Bonchev–Trinajstić information content (AvgIpc) is 2.93. The molecule has 0 radical (unpaired) electrons. The number of nitrogen functional groups attached to an aromatic ring is 1. The van der Waals surface area contributed by atoms with Crippen molar-refractivity contribution in [2.45, 2.75) is 13.5 Å². The third-order valence-electron chi connectivity index (χ3n) is 3.20. The standard InChI is InChI=1S/C13H12N4O2S/c1-8-12(17(18)19)13(14)16(15-8)6-9-7-20-11-5-3-2-4-10(9)11/h2-5,7H,6,14H2,1H3. The maximum atomic E-state index is 10.9. The van der Waals surface area contributed by atoms with Crippen LogP contribution in [0.4, 0.5) is 11.5 Å². The molecule has 0 unspecified atom stereocenters. The van der Waals surface area contributed by atoms with Crippen molar-refractivity contribution in [1.29, 1.82) is 0 Å². The van der Waals surface area contributed by atoms with Gasteiger partial charge in [0.1, 0.15) is 5.69 Å². The van der Waals surface area contributed by atoms with Crippen LogP contribution in [-0.4, -0.2) is 14.7 Å². The van der Waals surface area contributed by atoms with Crippen LogP contribution in [0.2, 0.25) is 0 Å². The second kappa shape index (κ2) is 4.61. The van der Waals surface area contributed by atoms with E-state index in [4.69, 9.17) is 5.73 Å². The molecule has 0 aliphatic carbocycles. The summed E-state index contributed by atoms with van der Waals surface area (Å²) in [6.07, 6.45) is 0. The quantitative estimate of drug-likeness (QED) is 0.593. The number of thiophene rings is 1. The number of anilines is 1. The Morgan fingerprint density at radius 2 is 2.20 bits per heavy atom. The van der Waals surface area contributed by atoms with Gasteiger partial charge < -0.3 is 5.73 Å². The van der Waals surface area contributed by atoms with Gasteiger partial charge in [0.05, 0.1) is 11.5 Å². The van der Waals surface area contributed by atoms with Crippen LogP contribution in [0.15, 0.2) is 29.6 Å². The first-order valence-corrected chi connectivity index (χ1v) is 6.88. The molecule has 0 saturated carbocycles. The molecule has 0 aliphatic heterocycles. The summed E-state index contributed by atoms with van der Waals surface area (Å²) in [6, 6.07) is 8.03. The van der Waals surface area contributed by atoms with E-state index >= 15 is 0 Å². The molecule has 0 amide bonds. The van der Waals surface area contributed by atoms with Crippen molar-refractivity contribution >= 4 is 32.9 Å². The number of hydrogen-bond acceptors (Lipinski definition) is 5. The molecular weight excluding hydrogens is 276 g/mol. The number of aryl methyl sites for hydroxylation is 1. The molecular formula is C13H12N4O2S. The summed E-state index contributed by atoms with van der Waals surface area (Å²) >= 11 is 1.64. The lowest BCUT2D eigenvalue weighted by atomic mass is 10.2. The van der Waals surface area contributed by atoms with Gasteiger partial charge in [-0.15, -0.1) is 11.3 Å². The molecule has 6 nitrogen and oxygen atoms in total. The van der Waals surface area contributed by atoms with Gasteiger partial charge in [0.2, 0.25) is 5.82 Å². The van der Waals surface area contributed by atoms with Gasteiger partial charge in [-0.1, -0.05) is 18.2 Å². The number of rotatable bonds is 3. The molecule has 102 valence electrons. The minimum absolute atomic E-state index is 0.0998. The summed E-state index contributed by atoms with van der Waals surface area (Å²) in [4.78, 5) is 10.5. The van der Waals surface area contributed by atoms with Crippen LogP contribution in [0, 0.1) is 17.0 Å². The van der Waals surface area contributed by atoms with Crippen molar-refractivity contribution in [2.24, 2.45) is 0 Å². The molecule has 7 heteroatoms. The summed E-state index contributed by atoms with van der Waals surface area (Å²) in [7, 11) is 0. The van der Waals surface area contributed by atoms with E-state index in [-0.39, 0.29) is 11.5 Å². The first-order chi connectivity index (χ1) is 9.58. The Hall–Kier alpha value is -2.41. The van der Waals surface area contributed by atoms with E-state index in [0.29, 0.717) is 12.2 Å². The molecule has 20 heavy (non-hydrogen) atoms. The zero-order valence-corrected chi connectivity index (χ0v) is 11.6. The van der Waals surface area contributed by atoms with Gasteiger partial charge in [-0.3, -0.25) is 10.1 Å². The lowest BCUT2D eigenvalue weighted by molar-refractivity contribution is -0.384. The van der Waals surface area contributed by atoms with Crippen LogP contribution in [0.3, 0.4) is 0 Å². The number of fused-ring (bicyclic) bond motifs is 1. The predicted octanol–water partition coefficient (Wildman–Crippen LogP) is 2.94. The Balaban J connectivity index is 2.04. The molecule has 0 saturated heterocycles. The minimum atomic E-state index is -0.486. The highest BCUT2D eigenvalue weighted by atomic mass is 32.1. The molecule has 2 heterocycles. The van der Waals surface area contributed by atoms with Crippen molar-refractivity contribution in [3.8, 4) is 0 Å². The zero-order chi connectivity index (χ0) is 14.3. The fraction of sp³-hybridized carbons (Fsp3) is 0.154. The molecule has 0 atom stereocenters. The van der Waals surface area contributed by atoms with Gasteiger partial charge in [0.15, 0.2) is 0 Å². The topological polar surface area (TPSA) is 87.0 Å². The third-order valence-corrected chi connectivity index (χ3v) is 4.21. The van der Waals surface area contributed by atoms with E-state index < -0.39 is 4.92 Å². The van der Waals surface area contributed by atoms with Gasteiger partial charge in [0, 0.05) is 4.70 Å². The SMILES string of the molecule is Cc1nn(Cc2csc3ccccc23)c(N)c1[N+](=O)[O-]. The molecule has 2 aromatic heterocycles. The van der Waals surface area contributed by atoms with Gasteiger partial charge in [-0.2, -0.15) is 5.10 Å². The van der Waals surface area contributed by atoms with Gasteiger partial charge in [0.25, 0.3) is 0 Å². The second-order valence-electron chi connectivity index (χ2n) is 4.49. The lowest BCUT2D eigenvalue weighted by Gasteiger charge is -2.02.